The van der Waals surface area contributed by atoms with Gasteiger partial charge in [0.05, 0.1) is 64.1 Å². The van der Waals surface area contributed by atoms with E-state index < -0.39 is 5.82 Å². The Kier molecular flexibility index (Phi) is 10.2. The highest BCUT2D eigenvalue weighted by Crippen LogP contribution is 2.40. The average Bonchev–Trinajstić information content (AvgIpc) is 3.54. The van der Waals surface area contributed by atoms with Crippen LogP contribution in [0.1, 0.15) is 36.9 Å². The van der Waals surface area contributed by atoms with Crippen molar-refractivity contribution >= 4 is 64.3 Å². The van der Waals surface area contributed by atoms with E-state index in [9.17, 15) is 9.65 Å². The highest BCUT2D eigenvalue weighted by atomic mass is 35.5. The number of allylic oxidation sites excluding steroid dienone is 1. The first-order chi connectivity index (χ1) is 22.7. The van der Waals surface area contributed by atoms with Crippen molar-refractivity contribution in [3.05, 3.63) is 104 Å². The third-order valence-electron chi connectivity index (χ3n) is 8.68. The Morgan fingerprint density at radius 1 is 1.04 bits per heavy atom. The molecule has 0 aromatic heterocycles. The lowest BCUT2D eigenvalue weighted by Gasteiger charge is -2.42. The predicted molar refractivity (Wildman–Crippen MR) is 187 cm³/mol. The maximum absolute atomic E-state index is 13.9. The van der Waals surface area contributed by atoms with Crippen molar-refractivity contribution in [3.8, 4) is 6.07 Å². The third-order valence-corrected chi connectivity index (χ3v) is 9.51. The number of hydrogen-bond donors (Lipinski definition) is 4. The highest BCUT2D eigenvalue weighted by molar-refractivity contribution is 6.34. The minimum Gasteiger partial charge on any atom is -0.378 e. The Morgan fingerprint density at radius 2 is 1.77 bits per heavy atom. The van der Waals surface area contributed by atoms with E-state index in [-0.39, 0.29) is 11.1 Å². The molecule has 2 saturated heterocycles. The fraction of sp³-hybridized carbons (Fsp3) is 0.294. The molecule has 1 atom stereocenters. The number of nitrogens with zero attached hydrogens (tertiary/aromatic N) is 4. The summed E-state index contributed by atoms with van der Waals surface area (Å²) in [5, 5.41) is 19.8. The van der Waals surface area contributed by atoms with Crippen molar-refractivity contribution < 1.29 is 9.13 Å². The predicted octanol–water partition coefficient (Wildman–Crippen LogP) is 7.67. The highest BCUT2D eigenvalue weighted by Gasteiger charge is 2.33. The molecule has 0 saturated carbocycles. The van der Waals surface area contributed by atoms with Crippen LogP contribution < -0.4 is 21.6 Å². The van der Waals surface area contributed by atoms with E-state index in [1.165, 1.54) is 18.2 Å². The third kappa shape index (κ3) is 7.36. The van der Waals surface area contributed by atoms with E-state index >= 15 is 0 Å². The summed E-state index contributed by atoms with van der Waals surface area (Å²) in [5.74, 6) is -0.548. The topological polar surface area (TPSA) is 100.0 Å². The molecule has 3 aliphatic rings. The lowest BCUT2D eigenvalue weighted by molar-refractivity contribution is -0.0760. The molecule has 2 fully saturated rings. The van der Waals surface area contributed by atoms with Gasteiger partial charge in [0.2, 0.25) is 0 Å². The van der Waals surface area contributed by atoms with E-state index in [0.29, 0.717) is 56.0 Å². The maximum Gasteiger partial charge on any atom is 0.141 e. The molecule has 0 aliphatic carbocycles. The molecule has 6 rings (SSSR count). The second-order valence-corrected chi connectivity index (χ2v) is 12.9. The Bertz CT molecular complexity index is 1750. The van der Waals surface area contributed by atoms with E-state index in [0.717, 1.165) is 50.4 Å². The van der Waals surface area contributed by atoms with E-state index in [4.69, 9.17) is 39.5 Å². The Morgan fingerprint density at radius 3 is 2.40 bits per heavy atom. The molecule has 9 nitrogen and oxygen atoms in total. The van der Waals surface area contributed by atoms with Crippen molar-refractivity contribution in [2.75, 3.05) is 36.9 Å². The van der Waals surface area contributed by atoms with Crippen LogP contribution in [0.4, 0.5) is 21.5 Å². The van der Waals surface area contributed by atoms with Crippen molar-refractivity contribution in [1.82, 2.24) is 20.9 Å². The van der Waals surface area contributed by atoms with E-state index in [1.807, 2.05) is 30.3 Å². The van der Waals surface area contributed by atoms with Gasteiger partial charge in [-0.3, -0.25) is 14.9 Å². The van der Waals surface area contributed by atoms with Crippen molar-refractivity contribution in [3.63, 3.8) is 0 Å². The molecule has 3 aromatic rings. The van der Waals surface area contributed by atoms with Crippen LogP contribution in [-0.4, -0.2) is 55.0 Å². The van der Waals surface area contributed by atoms with Gasteiger partial charge >= 0.3 is 0 Å². The van der Waals surface area contributed by atoms with Crippen LogP contribution in [0, 0.1) is 17.1 Å². The summed E-state index contributed by atoms with van der Waals surface area (Å²) in [7, 11) is 0. The number of nitriles is 1. The second kappa shape index (κ2) is 14.5. The van der Waals surface area contributed by atoms with Crippen molar-refractivity contribution in [2.45, 2.75) is 37.9 Å². The molecule has 0 spiro atoms. The molecule has 13 heteroatoms. The number of anilines is 2. The maximum atomic E-state index is 13.9. The Hall–Kier alpha value is -3.82. The van der Waals surface area contributed by atoms with Gasteiger partial charge in [0.1, 0.15) is 5.82 Å². The monoisotopic (exact) mass is 694 g/mol. The van der Waals surface area contributed by atoms with Crippen LogP contribution in [0.25, 0.3) is 5.70 Å². The molecular weight excluding hydrogens is 662 g/mol. The SMILES string of the molecule is C=Nc1c(Cl)cc(N[C@H](C2=CN(C3CCN(C4COC4)CC3)NN2)c2ccc(Cl)cc2)cc1/C(Nc1ccc(F)c(Cl)c1)=C(\C)C#N. The first-order valence-corrected chi connectivity index (χ1v) is 16.4. The number of piperidine rings is 1. The first-order valence-electron chi connectivity index (χ1n) is 15.2. The molecule has 0 radical (unpaired) electrons. The van der Waals surface area contributed by atoms with Gasteiger partial charge in [-0.05, 0) is 74.5 Å². The minimum atomic E-state index is -0.548. The summed E-state index contributed by atoms with van der Waals surface area (Å²) >= 11 is 19.1. The van der Waals surface area contributed by atoms with Crippen LogP contribution in [0.5, 0.6) is 0 Å². The molecule has 3 aliphatic heterocycles. The fourth-order valence-corrected chi connectivity index (χ4v) is 6.57. The van der Waals surface area contributed by atoms with Gasteiger partial charge in [-0.15, -0.1) is 5.53 Å². The molecule has 3 heterocycles. The van der Waals surface area contributed by atoms with E-state index in [2.05, 4.69) is 55.5 Å². The number of likely N-dealkylation sites (tertiary alicyclic amines) is 1. The van der Waals surface area contributed by atoms with Gasteiger partial charge in [-0.2, -0.15) is 5.26 Å². The Labute approximate surface area is 288 Å². The second-order valence-electron chi connectivity index (χ2n) is 11.7. The zero-order valence-electron chi connectivity index (χ0n) is 25.7. The summed E-state index contributed by atoms with van der Waals surface area (Å²) in [6.07, 6.45) is 4.16. The molecular formula is C34H34Cl3FN8O. The lowest BCUT2D eigenvalue weighted by Crippen LogP contribution is -2.55. The normalized spacial score (nSPS) is 18.4. The number of ether oxygens (including phenoxy) is 1. The van der Waals surface area contributed by atoms with Crippen LogP contribution in [0.2, 0.25) is 15.1 Å². The quantitative estimate of drug-likeness (QED) is 0.127. The van der Waals surface area contributed by atoms with E-state index in [1.54, 1.807) is 13.0 Å². The smallest absolute Gasteiger partial charge is 0.141 e. The number of aliphatic imine (C=N–C) groups is 1. The van der Waals surface area contributed by atoms with Gasteiger partial charge in [0.25, 0.3) is 0 Å². The molecule has 0 bridgehead atoms. The minimum absolute atomic E-state index is 0.0520. The molecule has 47 heavy (non-hydrogen) atoms. The fourth-order valence-electron chi connectivity index (χ4n) is 5.98. The van der Waals surface area contributed by atoms with Crippen molar-refractivity contribution in [2.24, 2.45) is 4.99 Å². The molecule has 0 amide bonds. The van der Waals surface area contributed by atoms with Crippen LogP contribution >= 0.6 is 34.8 Å². The van der Waals surface area contributed by atoms with Crippen molar-refractivity contribution in [1.29, 1.82) is 5.26 Å². The molecule has 244 valence electrons. The number of rotatable bonds is 10. The lowest BCUT2D eigenvalue weighted by atomic mass is 10.0. The molecule has 0 unspecified atom stereocenters. The van der Waals surface area contributed by atoms with Gasteiger partial charge in [-0.25, -0.2) is 4.39 Å². The van der Waals surface area contributed by atoms with Gasteiger partial charge in [-0.1, -0.05) is 46.9 Å². The van der Waals surface area contributed by atoms with Gasteiger partial charge in [0.15, 0.2) is 0 Å². The summed E-state index contributed by atoms with van der Waals surface area (Å²) < 4.78 is 19.3. The number of halogens is 4. The summed E-state index contributed by atoms with van der Waals surface area (Å²) in [6, 6.07) is 18.2. The first kappa shape index (κ1) is 33.1. The zero-order valence-corrected chi connectivity index (χ0v) is 27.9. The standard InChI is InChI=1S/C34H34Cl3FN8O/c1-20(16-39)32(41-23-7-8-30(38)28(36)14-23)27-13-24(15-29(37)34(27)40-2)42-33(21-3-5-22(35)6-4-21)31-17-46(44-43-31)25-9-11-45(12-10-25)26-18-47-19-26/h3-8,13-15,17,25-26,33,41-44H,2,9-12,18-19H2,1H3/b32-20-/t33-/m0/s1. The number of benzene rings is 3. The van der Waals surface area contributed by atoms with Gasteiger partial charge < -0.3 is 20.8 Å². The zero-order chi connectivity index (χ0) is 33.1. The Balaban J connectivity index is 1.31. The molecule has 4 N–H and O–H groups in total. The van der Waals surface area contributed by atoms with Gasteiger partial charge in [0, 0.05) is 47.3 Å². The number of nitrogens with one attached hydrogen (secondary N) is 4. The molecule has 3 aromatic carbocycles. The summed E-state index contributed by atoms with van der Waals surface area (Å²) in [5.41, 5.74) is 11.4. The van der Waals surface area contributed by atoms with Crippen LogP contribution in [-0.2, 0) is 4.74 Å². The summed E-state index contributed by atoms with van der Waals surface area (Å²) in [6.45, 7) is 9.10. The number of hydrazine groups is 2. The average molecular weight is 696 g/mol. The summed E-state index contributed by atoms with van der Waals surface area (Å²) in [4.78, 5) is 6.71. The largest absolute Gasteiger partial charge is 0.378 e. The van der Waals surface area contributed by atoms with Crippen LogP contribution in [0.15, 0.2) is 77.1 Å². The van der Waals surface area contributed by atoms with Crippen LogP contribution in [0.3, 0.4) is 0 Å². The number of hydrogen-bond acceptors (Lipinski definition) is 9.